The molecule has 1 N–H and O–H groups in total. The molecule has 0 bridgehead atoms. The molecule has 0 saturated heterocycles. The van der Waals surface area contributed by atoms with Crippen molar-refractivity contribution in [3.8, 4) is 39.6 Å². The number of carbonyl (C=O) groups excluding carboxylic acids is 1. The highest BCUT2D eigenvalue weighted by Crippen LogP contribution is 2.43. The Morgan fingerprint density at radius 2 is 1.43 bits per heavy atom. The third-order valence-corrected chi connectivity index (χ3v) is 4.56. The number of aromatic nitrogens is 1. The van der Waals surface area contributed by atoms with Crippen LogP contribution in [0.5, 0.6) is 17.2 Å². The summed E-state index contributed by atoms with van der Waals surface area (Å²) < 4.78 is 20.5. The number of hydrogen-bond acceptors (Lipinski definition) is 7. The summed E-state index contributed by atoms with van der Waals surface area (Å²) in [4.78, 5) is 26.9. The van der Waals surface area contributed by atoms with Crippen molar-refractivity contribution in [1.82, 2.24) is 4.98 Å². The molecule has 0 fully saturated rings. The van der Waals surface area contributed by atoms with Crippen molar-refractivity contribution in [2.75, 3.05) is 28.4 Å². The smallest absolute Gasteiger partial charge is 0.355 e. The van der Waals surface area contributed by atoms with E-state index in [4.69, 9.17) is 18.9 Å². The lowest BCUT2D eigenvalue weighted by molar-refractivity contribution is -0.383. The lowest BCUT2D eigenvalue weighted by atomic mass is 10.0. The van der Waals surface area contributed by atoms with Gasteiger partial charge < -0.3 is 23.9 Å². The summed E-state index contributed by atoms with van der Waals surface area (Å²) in [5.74, 6) is 0.733. The number of ether oxygens (including phenoxy) is 4. The maximum Gasteiger partial charge on any atom is 0.355 e. The molecule has 30 heavy (non-hydrogen) atoms. The van der Waals surface area contributed by atoms with E-state index in [0.29, 0.717) is 28.4 Å². The van der Waals surface area contributed by atoms with Crippen molar-refractivity contribution >= 4 is 11.7 Å². The van der Waals surface area contributed by atoms with Gasteiger partial charge in [0, 0.05) is 11.6 Å². The van der Waals surface area contributed by atoms with E-state index in [1.54, 1.807) is 42.5 Å². The average Bonchev–Trinajstić information content (AvgIpc) is 3.19. The second-order valence-electron chi connectivity index (χ2n) is 6.18. The second-order valence-corrected chi connectivity index (χ2v) is 6.18. The largest absolute Gasteiger partial charge is 0.497 e. The molecule has 0 aliphatic rings. The van der Waals surface area contributed by atoms with Gasteiger partial charge in [-0.1, -0.05) is 12.1 Å². The van der Waals surface area contributed by atoms with Crippen LogP contribution in [0.2, 0.25) is 0 Å². The van der Waals surface area contributed by atoms with Crippen molar-refractivity contribution in [3.05, 3.63) is 58.3 Å². The molecule has 156 valence electrons. The number of rotatable bonds is 7. The Hall–Kier alpha value is -4.01. The van der Waals surface area contributed by atoms with E-state index >= 15 is 0 Å². The summed E-state index contributed by atoms with van der Waals surface area (Å²) in [6.07, 6.45) is 0. The maximum atomic E-state index is 12.4. The summed E-state index contributed by atoms with van der Waals surface area (Å²) >= 11 is 0. The Kier molecular flexibility index (Phi) is 5.91. The van der Waals surface area contributed by atoms with Gasteiger partial charge in [-0.25, -0.2) is 4.79 Å². The van der Waals surface area contributed by atoms with Crippen molar-refractivity contribution in [1.29, 1.82) is 0 Å². The SMILES string of the molecule is COC(=O)c1[nH]c(-c2cc(OC)cc(OC)c2)c([N+](=O)[O-])c1-c1ccc(OC)cc1. The van der Waals surface area contributed by atoms with Crippen LogP contribution in [0.3, 0.4) is 0 Å². The van der Waals surface area contributed by atoms with E-state index in [-0.39, 0.29) is 22.6 Å². The fourth-order valence-corrected chi connectivity index (χ4v) is 3.13. The van der Waals surface area contributed by atoms with Gasteiger partial charge in [0.15, 0.2) is 0 Å². The molecule has 0 radical (unpaired) electrons. The quantitative estimate of drug-likeness (QED) is 0.353. The molecule has 0 spiro atoms. The van der Waals surface area contributed by atoms with Gasteiger partial charge in [-0.3, -0.25) is 10.1 Å². The normalized spacial score (nSPS) is 10.4. The fourth-order valence-electron chi connectivity index (χ4n) is 3.13. The van der Waals surface area contributed by atoms with Gasteiger partial charge in [0.2, 0.25) is 0 Å². The summed E-state index contributed by atoms with van der Waals surface area (Å²) in [6.45, 7) is 0. The van der Waals surface area contributed by atoms with Crippen molar-refractivity contribution in [2.24, 2.45) is 0 Å². The first kappa shape index (κ1) is 20.7. The van der Waals surface area contributed by atoms with Gasteiger partial charge in [-0.05, 0) is 29.8 Å². The Labute approximate surface area is 172 Å². The predicted molar refractivity (Wildman–Crippen MR) is 109 cm³/mol. The maximum absolute atomic E-state index is 12.4. The molecule has 0 amide bonds. The number of benzene rings is 2. The summed E-state index contributed by atoms with van der Waals surface area (Å²) in [5.41, 5.74) is 0.819. The minimum atomic E-state index is -0.731. The Morgan fingerprint density at radius 3 is 1.90 bits per heavy atom. The number of aromatic amines is 1. The van der Waals surface area contributed by atoms with E-state index in [2.05, 4.69) is 4.98 Å². The minimum absolute atomic E-state index is 0.0360. The van der Waals surface area contributed by atoms with Crippen LogP contribution in [0, 0.1) is 10.1 Å². The van der Waals surface area contributed by atoms with E-state index < -0.39 is 10.9 Å². The van der Waals surface area contributed by atoms with Gasteiger partial charge in [-0.2, -0.15) is 0 Å². The van der Waals surface area contributed by atoms with Crippen molar-refractivity contribution in [3.63, 3.8) is 0 Å². The van der Waals surface area contributed by atoms with E-state index in [1.165, 1.54) is 28.4 Å². The number of nitrogens with one attached hydrogen (secondary N) is 1. The number of nitrogens with zero attached hydrogens (tertiary/aromatic N) is 1. The van der Waals surface area contributed by atoms with Crippen LogP contribution < -0.4 is 14.2 Å². The standard InChI is InChI=1S/C21H20N2O7/c1-27-14-7-5-12(6-8-14)17-19(21(24)30-4)22-18(20(17)23(25)26)13-9-15(28-2)11-16(10-13)29-3/h5-11,22H,1-4H3. The number of hydrogen-bond donors (Lipinski definition) is 1. The molecule has 9 nitrogen and oxygen atoms in total. The first-order valence-electron chi connectivity index (χ1n) is 8.80. The lowest BCUT2D eigenvalue weighted by Crippen LogP contribution is -2.04. The molecular formula is C21H20N2O7. The van der Waals surface area contributed by atoms with Crippen molar-refractivity contribution in [2.45, 2.75) is 0 Å². The van der Waals surface area contributed by atoms with Crippen LogP contribution in [0.4, 0.5) is 5.69 Å². The zero-order valence-corrected chi connectivity index (χ0v) is 16.8. The number of esters is 1. The Balaban J connectivity index is 2.33. The number of H-pyrrole nitrogens is 1. The molecule has 2 aromatic carbocycles. The van der Waals surface area contributed by atoms with Gasteiger partial charge in [0.25, 0.3) is 0 Å². The van der Waals surface area contributed by atoms with E-state index in [0.717, 1.165) is 0 Å². The van der Waals surface area contributed by atoms with Crippen LogP contribution in [-0.2, 0) is 4.74 Å². The third-order valence-electron chi connectivity index (χ3n) is 4.56. The molecular weight excluding hydrogens is 392 g/mol. The van der Waals surface area contributed by atoms with Crippen molar-refractivity contribution < 1.29 is 28.7 Å². The molecule has 0 unspecified atom stereocenters. The highest BCUT2D eigenvalue weighted by Gasteiger charge is 2.32. The zero-order chi connectivity index (χ0) is 21.8. The molecule has 1 heterocycles. The zero-order valence-electron chi connectivity index (χ0n) is 16.8. The number of methoxy groups -OCH3 is 4. The number of nitro groups is 1. The highest BCUT2D eigenvalue weighted by molar-refractivity contribution is 6.02. The molecule has 0 aliphatic heterocycles. The van der Waals surface area contributed by atoms with E-state index in [1.807, 2.05) is 0 Å². The predicted octanol–water partition coefficient (Wildman–Crippen LogP) is 4.07. The molecule has 3 rings (SSSR count). The molecule has 3 aromatic rings. The molecule has 1 aromatic heterocycles. The monoisotopic (exact) mass is 412 g/mol. The summed E-state index contributed by atoms with van der Waals surface area (Å²) in [7, 11) is 5.68. The van der Waals surface area contributed by atoms with Crippen LogP contribution in [0.15, 0.2) is 42.5 Å². The summed E-state index contributed by atoms with van der Waals surface area (Å²) in [6, 6.07) is 11.4. The fraction of sp³-hybridized carbons (Fsp3) is 0.190. The molecule has 0 atom stereocenters. The Morgan fingerprint density at radius 1 is 0.867 bits per heavy atom. The first-order valence-corrected chi connectivity index (χ1v) is 8.80. The van der Waals surface area contributed by atoms with Crippen LogP contribution in [0.1, 0.15) is 10.5 Å². The molecule has 0 aliphatic carbocycles. The third kappa shape index (κ3) is 3.77. The Bertz CT molecular complexity index is 1070. The topological polar surface area (TPSA) is 113 Å². The van der Waals surface area contributed by atoms with Gasteiger partial charge in [0.1, 0.15) is 28.6 Å². The van der Waals surface area contributed by atoms with Gasteiger partial charge >= 0.3 is 11.7 Å². The van der Waals surface area contributed by atoms with Gasteiger partial charge in [0.05, 0.1) is 38.9 Å². The molecule has 9 heteroatoms. The summed E-state index contributed by atoms with van der Waals surface area (Å²) in [5, 5.41) is 12.1. The highest BCUT2D eigenvalue weighted by atomic mass is 16.6. The lowest BCUT2D eigenvalue weighted by Gasteiger charge is -2.07. The van der Waals surface area contributed by atoms with Crippen LogP contribution in [-0.4, -0.2) is 44.3 Å². The van der Waals surface area contributed by atoms with E-state index in [9.17, 15) is 14.9 Å². The average molecular weight is 412 g/mol. The minimum Gasteiger partial charge on any atom is -0.497 e. The van der Waals surface area contributed by atoms with Gasteiger partial charge in [-0.15, -0.1) is 0 Å². The van der Waals surface area contributed by atoms with Crippen LogP contribution >= 0.6 is 0 Å². The number of carbonyl (C=O) groups is 1. The van der Waals surface area contributed by atoms with Crippen LogP contribution in [0.25, 0.3) is 22.4 Å². The molecule has 0 saturated carbocycles. The second kappa shape index (κ2) is 8.56. The first-order chi connectivity index (χ1) is 14.4.